The van der Waals surface area contributed by atoms with Crippen molar-refractivity contribution in [3.63, 3.8) is 0 Å². The minimum atomic E-state index is -0.648. The van der Waals surface area contributed by atoms with E-state index in [1.165, 1.54) is 0 Å². The average Bonchev–Trinajstić information content (AvgIpc) is 1.78. The van der Waals surface area contributed by atoms with Crippen LogP contribution in [0, 0.1) is 5.92 Å². The van der Waals surface area contributed by atoms with Crippen molar-refractivity contribution < 1.29 is 9.84 Å². The van der Waals surface area contributed by atoms with E-state index in [0.717, 1.165) is 0 Å². The minimum absolute atomic E-state index is 0.112. The maximum atomic E-state index is 9.60. The van der Waals surface area contributed by atoms with Crippen LogP contribution in [0.3, 0.4) is 0 Å². The van der Waals surface area contributed by atoms with Crippen LogP contribution in [0.25, 0.3) is 0 Å². The van der Waals surface area contributed by atoms with Gasteiger partial charge in [0.05, 0.1) is 17.8 Å². The predicted molar refractivity (Wildman–Crippen MR) is 51.2 cm³/mol. The molecule has 0 aliphatic heterocycles. The lowest BCUT2D eigenvalue weighted by Crippen LogP contribution is -2.34. The Morgan fingerprint density at radius 2 is 1.58 bits per heavy atom. The van der Waals surface area contributed by atoms with E-state index in [2.05, 4.69) is 0 Å². The van der Waals surface area contributed by atoms with Gasteiger partial charge in [-0.2, -0.15) is 0 Å². The smallest absolute Gasteiger partial charge is 0.0639 e. The molecule has 0 saturated heterocycles. The Morgan fingerprint density at radius 1 is 1.17 bits per heavy atom. The van der Waals surface area contributed by atoms with Crippen LogP contribution in [0.5, 0.6) is 0 Å². The first-order chi connectivity index (χ1) is 5.13. The second kappa shape index (κ2) is 3.75. The van der Waals surface area contributed by atoms with E-state index < -0.39 is 5.60 Å². The second-order valence-electron chi connectivity index (χ2n) is 4.98. The van der Waals surface area contributed by atoms with Crippen molar-refractivity contribution >= 4 is 0 Å². The van der Waals surface area contributed by atoms with E-state index in [1.54, 1.807) is 0 Å². The standard InChI is InChI=1S/C10H22O2/c1-8(10(5,6)11)7-12-9(2,3)4/h8,11H,7H2,1-6H3. The molecule has 74 valence electrons. The first kappa shape index (κ1) is 11.9. The highest BCUT2D eigenvalue weighted by atomic mass is 16.5. The van der Waals surface area contributed by atoms with Gasteiger partial charge in [0.1, 0.15) is 0 Å². The summed E-state index contributed by atoms with van der Waals surface area (Å²) in [6, 6.07) is 0. The average molecular weight is 174 g/mol. The number of aliphatic hydroxyl groups is 1. The van der Waals surface area contributed by atoms with Crippen molar-refractivity contribution in [1.82, 2.24) is 0 Å². The summed E-state index contributed by atoms with van der Waals surface area (Å²) >= 11 is 0. The molecule has 0 amide bonds. The molecule has 0 heterocycles. The number of rotatable bonds is 3. The zero-order valence-electron chi connectivity index (χ0n) is 9.14. The molecule has 0 aromatic heterocycles. The number of hydrogen-bond acceptors (Lipinski definition) is 2. The van der Waals surface area contributed by atoms with Crippen LogP contribution in [0.1, 0.15) is 41.5 Å². The van der Waals surface area contributed by atoms with Crippen LogP contribution in [-0.2, 0) is 4.74 Å². The van der Waals surface area contributed by atoms with E-state index in [1.807, 2.05) is 41.5 Å². The zero-order chi connectivity index (χ0) is 9.99. The van der Waals surface area contributed by atoms with Gasteiger partial charge >= 0.3 is 0 Å². The van der Waals surface area contributed by atoms with Gasteiger partial charge in [-0.3, -0.25) is 0 Å². The van der Waals surface area contributed by atoms with Gasteiger partial charge < -0.3 is 9.84 Å². The van der Waals surface area contributed by atoms with Crippen LogP contribution >= 0.6 is 0 Å². The summed E-state index contributed by atoms with van der Waals surface area (Å²) < 4.78 is 5.56. The summed E-state index contributed by atoms with van der Waals surface area (Å²) in [6.45, 7) is 12.3. The van der Waals surface area contributed by atoms with E-state index >= 15 is 0 Å². The van der Waals surface area contributed by atoms with Crippen molar-refractivity contribution in [3.05, 3.63) is 0 Å². The summed E-state index contributed by atoms with van der Waals surface area (Å²) in [7, 11) is 0. The largest absolute Gasteiger partial charge is 0.390 e. The molecule has 0 rings (SSSR count). The van der Waals surface area contributed by atoms with Crippen LogP contribution in [0.4, 0.5) is 0 Å². The third-order valence-corrected chi connectivity index (χ3v) is 1.97. The molecule has 1 N–H and O–H groups in total. The highest BCUT2D eigenvalue weighted by Crippen LogP contribution is 2.18. The maximum Gasteiger partial charge on any atom is 0.0639 e. The van der Waals surface area contributed by atoms with E-state index in [-0.39, 0.29) is 11.5 Å². The first-order valence-electron chi connectivity index (χ1n) is 4.49. The molecular formula is C10H22O2. The molecule has 2 nitrogen and oxygen atoms in total. The molecule has 1 atom stereocenters. The van der Waals surface area contributed by atoms with Crippen LogP contribution in [0.2, 0.25) is 0 Å². The Balaban J connectivity index is 3.80. The van der Waals surface area contributed by atoms with Gasteiger partial charge in [0, 0.05) is 5.92 Å². The predicted octanol–water partition coefficient (Wildman–Crippen LogP) is 2.21. The molecular weight excluding hydrogens is 152 g/mol. The summed E-state index contributed by atoms with van der Waals surface area (Å²) in [5.41, 5.74) is -0.759. The molecule has 0 aromatic carbocycles. The quantitative estimate of drug-likeness (QED) is 0.711. The molecule has 0 radical (unpaired) electrons. The van der Waals surface area contributed by atoms with Gasteiger partial charge in [-0.15, -0.1) is 0 Å². The minimum Gasteiger partial charge on any atom is -0.390 e. The fourth-order valence-electron chi connectivity index (χ4n) is 0.579. The molecule has 0 spiro atoms. The van der Waals surface area contributed by atoms with Gasteiger partial charge in [-0.25, -0.2) is 0 Å². The molecule has 0 aromatic rings. The molecule has 0 fully saturated rings. The molecule has 0 bridgehead atoms. The Labute approximate surface area is 75.9 Å². The Bertz CT molecular complexity index is 128. The number of hydrogen-bond donors (Lipinski definition) is 1. The SMILES string of the molecule is CC(COC(C)(C)C)C(C)(C)O. The third-order valence-electron chi connectivity index (χ3n) is 1.97. The molecule has 1 unspecified atom stereocenters. The highest BCUT2D eigenvalue weighted by molar-refractivity contribution is 4.74. The van der Waals surface area contributed by atoms with Gasteiger partial charge in [-0.1, -0.05) is 6.92 Å². The lowest BCUT2D eigenvalue weighted by molar-refractivity contribution is -0.0692. The van der Waals surface area contributed by atoms with Crippen molar-refractivity contribution in [2.24, 2.45) is 5.92 Å². The molecule has 0 aliphatic carbocycles. The lowest BCUT2D eigenvalue weighted by atomic mass is 9.94. The van der Waals surface area contributed by atoms with Crippen LogP contribution in [-0.4, -0.2) is 22.9 Å². The Kier molecular flexibility index (Phi) is 3.73. The van der Waals surface area contributed by atoms with Crippen LogP contribution in [0.15, 0.2) is 0 Å². The lowest BCUT2D eigenvalue weighted by Gasteiger charge is -2.29. The normalized spacial score (nSPS) is 16.2. The maximum absolute atomic E-state index is 9.60. The molecule has 0 saturated carbocycles. The summed E-state index contributed by atoms with van der Waals surface area (Å²) in [5.74, 6) is 0.164. The topological polar surface area (TPSA) is 29.5 Å². The summed E-state index contributed by atoms with van der Waals surface area (Å²) in [6.07, 6.45) is 0. The fraction of sp³-hybridized carbons (Fsp3) is 1.00. The number of ether oxygens (including phenoxy) is 1. The molecule has 12 heavy (non-hydrogen) atoms. The Morgan fingerprint density at radius 3 is 1.83 bits per heavy atom. The van der Waals surface area contributed by atoms with Gasteiger partial charge in [0.25, 0.3) is 0 Å². The first-order valence-corrected chi connectivity index (χ1v) is 4.49. The van der Waals surface area contributed by atoms with E-state index in [9.17, 15) is 5.11 Å². The summed E-state index contributed by atoms with van der Waals surface area (Å²) in [4.78, 5) is 0. The molecule has 0 aliphatic rings. The zero-order valence-corrected chi connectivity index (χ0v) is 9.14. The highest BCUT2D eigenvalue weighted by Gasteiger charge is 2.24. The third kappa shape index (κ3) is 5.56. The van der Waals surface area contributed by atoms with Crippen molar-refractivity contribution in [1.29, 1.82) is 0 Å². The van der Waals surface area contributed by atoms with Gasteiger partial charge in [-0.05, 0) is 34.6 Å². The van der Waals surface area contributed by atoms with Crippen LogP contribution < -0.4 is 0 Å². The van der Waals surface area contributed by atoms with Gasteiger partial charge in [0.15, 0.2) is 0 Å². The second-order valence-corrected chi connectivity index (χ2v) is 4.98. The Hall–Kier alpha value is -0.0800. The van der Waals surface area contributed by atoms with Gasteiger partial charge in [0.2, 0.25) is 0 Å². The van der Waals surface area contributed by atoms with Crippen molar-refractivity contribution in [3.8, 4) is 0 Å². The van der Waals surface area contributed by atoms with Crippen molar-refractivity contribution in [2.45, 2.75) is 52.7 Å². The summed E-state index contributed by atoms with van der Waals surface area (Å²) in [5, 5.41) is 9.60. The van der Waals surface area contributed by atoms with Crippen molar-refractivity contribution in [2.75, 3.05) is 6.61 Å². The monoisotopic (exact) mass is 174 g/mol. The molecule has 2 heteroatoms. The fourth-order valence-corrected chi connectivity index (χ4v) is 0.579. The van der Waals surface area contributed by atoms with E-state index in [0.29, 0.717) is 6.61 Å². The van der Waals surface area contributed by atoms with E-state index in [4.69, 9.17) is 4.74 Å².